The fourth-order valence-corrected chi connectivity index (χ4v) is 6.94. The molecule has 11 nitrogen and oxygen atoms in total. The minimum absolute atomic E-state index is 0.0550. The number of carbonyl (C=O) groups is 1. The number of hydrogen-bond acceptors (Lipinski definition) is 9. The predicted octanol–water partition coefficient (Wildman–Crippen LogP) is 6.97. The highest BCUT2D eigenvalue weighted by molar-refractivity contribution is 6.02. The number of nitro groups is 1. The summed E-state index contributed by atoms with van der Waals surface area (Å²) in [5.74, 6) is 1.41. The van der Waals surface area contributed by atoms with E-state index < -0.39 is 16.6 Å². The van der Waals surface area contributed by atoms with Gasteiger partial charge in [0.1, 0.15) is 29.4 Å². The van der Waals surface area contributed by atoms with Gasteiger partial charge in [0.25, 0.3) is 11.6 Å². The topological polar surface area (TPSA) is 139 Å². The van der Waals surface area contributed by atoms with Crippen LogP contribution in [0.3, 0.4) is 0 Å². The quantitative estimate of drug-likeness (QED) is 0.0598. The first-order valence-electron chi connectivity index (χ1n) is 16.7. The molecule has 0 fully saturated rings. The maximum absolute atomic E-state index is 14.5. The predicted molar refractivity (Wildman–Crippen MR) is 195 cm³/mol. The van der Waals surface area contributed by atoms with Crippen LogP contribution in [-0.2, 0) is 5.54 Å². The molecule has 11 heteroatoms. The summed E-state index contributed by atoms with van der Waals surface area (Å²) in [6.07, 6.45) is 1.93. The number of ether oxygens (including phenoxy) is 2. The Morgan fingerprint density at radius 1 is 1.00 bits per heavy atom. The van der Waals surface area contributed by atoms with Crippen LogP contribution in [0.25, 0.3) is 0 Å². The van der Waals surface area contributed by atoms with Crippen molar-refractivity contribution in [1.29, 1.82) is 0 Å². The minimum Gasteiger partial charge on any atom is -0.489 e. The number of aliphatic hydroxyl groups excluding tert-OH is 1. The monoisotopic (exact) mass is 675 g/mol. The van der Waals surface area contributed by atoms with Crippen LogP contribution in [0.4, 0.5) is 17.1 Å². The highest BCUT2D eigenvalue weighted by Crippen LogP contribution is 2.58. The van der Waals surface area contributed by atoms with Gasteiger partial charge in [-0.2, -0.15) is 0 Å². The number of nitro benzene ring substituents is 1. The summed E-state index contributed by atoms with van der Waals surface area (Å²) >= 11 is 0. The van der Waals surface area contributed by atoms with Crippen LogP contribution in [0.1, 0.15) is 57.6 Å². The molecule has 1 atom stereocenters. The number of β-amino-alcohol motifs (C(OH)–C–C–N with tert-alkyl or cyclic N) is 1. The number of non-ortho nitro benzene ring substituents is 1. The summed E-state index contributed by atoms with van der Waals surface area (Å²) in [6, 6.07) is 19.9. The van der Waals surface area contributed by atoms with Gasteiger partial charge in [0.15, 0.2) is 0 Å². The zero-order chi connectivity index (χ0) is 35.6. The first kappa shape index (κ1) is 34.2. The summed E-state index contributed by atoms with van der Waals surface area (Å²) in [4.78, 5) is 31.7. The number of rotatable bonds is 13. The molecular weight excluding hydrogens is 634 g/mol. The average Bonchev–Trinajstić information content (AvgIpc) is 3.33. The van der Waals surface area contributed by atoms with E-state index in [0.29, 0.717) is 28.4 Å². The van der Waals surface area contributed by atoms with Crippen molar-refractivity contribution in [3.63, 3.8) is 0 Å². The molecule has 0 aliphatic carbocycles. The molecule has 2 aliphatic heterocycles. The Bertz CT molecular complexity index is 1950. The van der Waals surface area contributed by atoms with Gasteiger partial charge in [-0.05, 0) is 68.7 Å². The van der Waals surface area contributed by atoms with E-state index in [1.807, 2.05) is 64.1 Å². The number of amides is 1. The Kier molecular flexibility index (Phi) is 9.61. The van der Waals surface area contributed by atoms with Crippen molar-refractivity contribution in [2.75, 3.05) is 43.4 Å². The second-order valence-electron chi connectivity index (χ2n) is 12.4. The third-order valence-electron chi connectivity index (χ3n) is 9.09. The second-order valence-corrected chi connectivity index (χ2v) is 12.4. The van der Waals surface area contributed by atoms with Gasteiger partial charge in [-0.1, -0.05) is 30.9 Å². The molecule has 4 aromatic rings. The standard InChI is InChI=1S/C39H41N5O6/c1-6-15-49-35-14-13-27(44(47)48)18-26(35)21-40-22-28(45)23-43-38(46)29-11-9-10-12-30(29)39(43)31-16-24(4)33(41-7-2)19-36(31)50-37-20-34(42-8-3)25(5)17-32(37)39/h6,9-14,16-21,28,41-42,45H,1,7-8,15,22-23H2,2-5H3/t28-/m1/s1. The van der Waals surface area contributed by atoms with Gasteiger partial charge < -0.3 is 30.1 Å². The minimum atomic E-state index is -1.11. The average molecular weight is 676 g/mol. The normalized spacial score (nSPS) is 14.5. The molecular formula is C39H41N5O6. The van der Waals surface area contributed by atoms with E-state index in [2.05, 4.69) is 34.3 Å². The number of fused-ring (bicyclic) bond motifs is 6. The van der Waals surface area contributed by atoms with E-state index in [9.17, 15) is 20.0 Å². The SMILES string of the molecule is C=CCOc1ccc([N+](=O)[O-])cc1C=NC[C@@H](O)CN1C(=O)c2ccccc2C12c1cc(C)c(NCC)cc1Oc1cc(NCC)c(C)cc12. The van der Waals surface area contributed by atoms with Crippen LogP contribution in [0.5, 0.6) is 17.2 Å². The van der Waals surface area contributed by atoms with E-state index in [4.69, 9.17) is 9.47 Å². The summed E-state index contributed by atoms with van der Waals surface area (Å²) < 4.78 is 12.3. The largest absolute Gasteiger partial charge is 0.489 e. The van der Waals surface area contributed by atoms with E-state index in [1.54, 1.807) is 11.0 Å². The molecule has 1 amide bonds. The Balaban J connectivity index is 1.45. The first-order chi connectivity index (χ1) is 24.1. The van der Waals surface area contributed by atoms with E-state index >= 15 is 0 Å². The lowest BCUT2D eigenvalue weighted by atomic mass is 9.73. The zero-order valence-electron chi connectivity index (χ0n) is 28.7. The van der Waals surface area contributed by atoms with Crippen LogP contribution in [0.2, 0.25) is 0 Å². The van der Waals surface area contributed by atoms with Crippen LogP contribution in [0.15, 0.2) is 84.4 Å². The molecule has 4 aromatic carbocycles. The fourth-order valence-electron chi connectivity index (χ4n) is 6.94. The number of hydrogen-bond donors (Lipinski definition) is 3. The molecule has 2 aliphatic rings. The second kappa shape index (κ2) is 14.0. The van der Waals surface area contributed by atoms with Crippen molar-refractivity contribution in [3.05, 3.63) is 128 Å². The Labute approximate surface area is 291 Å². The smallest absolute Gasteiger partial charge is 0.270 e. The van der Waals surface area contributed by atoms with Crippen molar-refractivity contribution in [2.24, 2.45) is 4.99 Å². The highest BCUT2D eigenvalue weighted by Gasteiger charge is 2.56. The van der Waals surface area contributed by atoms with Crippen LogP contribution in [-0.4, -0.2) is 65.9 Å². The molecule has 6 rings (SSSR count). The lowest BCUT2D eigenvalue weighted by Gasteiger charge is -2.45. The first-order valence-corrected chi connectivity index (χ1v) is 16.7. The Morgan fingerprint density at radius 3 is 2.24 bits per heavy atom. The maximum Gasteiger partial charge on any atom is 0.270 e. The van der Waals surface area contributed by atoms with Crippen molar-refractivity contribution in [2.45, 2.75) is 39.3 Å². The number of aliphatic imine (C=N–C) groups is 1. The van der Waals surface area contributed by atoms with Gasteiger partial charge in [0.2, 0.25) is 0 Å². The van der Waals surface area contributed by atoms with Crippen LogP contribution in [0, 0.1) is 24.0 Å². The molecule has 0 saturated heterocycles. The number of nitrogens with zero attached hydrogens (tertiary/aromatic N) is 3. The van der Waals surface area contributed by atoms with Crippen molar-refractivity contribution >= 4 is 29.2 Å². The maximum atomic E-state index is 14.5. The molecule has 1 spiro atoms. The molecule has 258 valence electrons. The third kappa shape index (κ3) is 5.94. The van der Waals surface area contributed by atoms with Gasteiger partial charge in [0, 0.05) is 77.2 Å². The molecule has 0 aromatic heterocycles. The van der Waals surface area contributed by atoms with Crippen LogP contribution < -0.4 is 20.1 Å². The summed E-state index contributed by atoms with van der Waals surface area (Å²) in [5.41, 5.74) is 5.96. The molecule has 0 unspecified atom stereocenters. The van der Waals surface area contributed by atoms with Crippen LogP contribution >= 0.6 is 0 Å². The van der Waals surface area contributed by atoms with E-state index in [1.165, 1.54) is 24.4 Å². The number of benzene rings is 4. The lowest BCUT2D eigenvalue weighted by molar-refractivity contribution is -0.384. The lowest BCUT2D eigenvalue weighted by Crippen LogP contribution is -2.50. The molecule has 0 bridgehead atoms. The van der Waals surface area contributed by atoms with Crippen molar-refractivity contribution in [3.8, 4) is 17.2 Å². The molecule has 2 heterocycles. The summed E-state index contributed by atoms with van der Waals surface area (Å²) in [6.45, 7) is 13.3. The molecule has 3 N–H and O–H groups in total. The Hall–Kier alpha value is -5.68. The number of aliphatic hydroxyl groups is 1. The van der Waals surface area contributed by atoms with Gasteiger partial charge in [-0.25, -0.2) is 0 Å². The third-order valence-corrected chi connectivity index (χ3v) is 9.09. The van der Waals surface area contributed by atoms with Gasteiger partial charge in [-0.15, -0.1) is 0 Å². The van der Waals surface area contributed by atoms with Gasteiger partial charge in [0.05, 0.1) is 24.1 Å². The zero-order valence-corrected chi connectivity index (χ0v) is 28.7. The van der Waals surface area contributed by atoms with E-state index in [0.717, 1.165) is 52.3 Å². The van der Waals surface area contributed by atoms with Gasteiger partial charge >= 0.3 is 0 Å². The summed E-state index contributed by atoms with van der Waals surface area (Å²) in [5, 5.41) is 29.9. The van der Waals surface area contributed by atoms with Crippen molar-refractivity contribution in [1.82, 2.24) is 4.90 Å². The van der Waals surface area contributed by atoms with Crippen molar-refractivity contribution < 1.29 is 24.3 Å². The molecule has 0 saturated carbocycles. The summed E-state index contributed by atoms with van der Waals surface area (Å²) in [7, 11) is 0. The highest BCUT2D eigenvalue weighted by atomic mass is 16.6. The number of aryl methyl sites for hydroxylation is 2. The molecule has 0 radical (unpaired) electrons. The number of anilines is 2. The Morgan fingerprint density at radius 2 is 1.64 bits per heavy atom. The van der Waals surface area contributed by atoms with Gasteiger partial charge in [-0.3, -0.25) is 19.9 Å². The number of nitrogens with one attached hydrogen (secondary N) is 2. The molecule has 50 heavy (non-hydrogen) atoms. The number of carbonyl (C=O) groups excluding carboxylic acids is 1. The fraction of sp³-hybridized carbons (Fsp3) is 0.282. The van der Waals surface area contributed by atoms with E-state index in [-0.39, 0.29) is 31.3 Å².